The van der Waals surface area contributed by atoms with Crippen LogP contribution in [-0.2, 0) is 6.42 Å². The maximum Gasteiger partial charge on any atom is 0.183 e. The Morgan fingerprint density at radius 2 is 1.71 bits per heavy atom. The molecule has 0 saturated heterocycles. The number of nitrogens with one attached hydrogen (secondary N) is 1. The van der Waals surface area contributed by atoms with Crippen molar-refractivity contribution in [3.63, 3.8) is 0 Å². The molecular formula is C23H20ClN3S. The highest BCUT2D eigenvalue weighted by Gasteiger charge is 2.14. The third kappa shape index (κ3) is 4.24. The molecular weight excluding hydrogens is 386 g/mol. The monoisotopic (exact) mass is 405 g/mol. The van der Waals surface area contributed by atoms with Gasteiger partial charge in [-0.2, -0.15) is 0 Å². The van der Waals surface area contributed by atoms with Crippen LogP contribution in [0.15, 0.2) is 79.3 Å². The molecule has 1 atom stereocenters. The predicted octanol–water partition coefficient (Wildman–Crippen LogP) is 6.57. The zero-order valence-corrected chi connectivity index (χ0v) is 17.0. The van der Waals surface area contributed by atoms with Gasteiger partial charge in [0.2, 0.25) is 0 Å². The van der Waals surface area contributed by atoms with Gasteiger partial charge in [0.05, 0.1) is 4.88 Å². The van der Waals surface area contributed by atoms with E-state index in [0.29, 0.717) is 6.04 Å². The molecule has 0 aliphatic heterocycles. The number of rotatable bonds is 6. The van der Waals surface area contributed by atoms with Crippen molar-refractivity contribution in [1.29, 1.82) is 0 Å². The molecule has 0 aliphatic carbocycles. The number of thiazole rings is 1. The Hall–Kier alpha value is -2.69. The maximum absolute atomic E-state index is 6.42. The second-order valence-corrected chi connectivity index (χ2v) is 8.10. The predicted molar refractivity (Wildman–Crippen MR) is 119 cm³/mol. The fraction of sp³-hybridized carbons (Fsp3) is 0.130. The first-order chi connectivity index (χ1) is 13.7. The first kappa shape index (κ1) is 18.7. The number of benzene rings is 2. The molecule has 2 heterocycles. The standard InChI is InChI=1S/C23H20ClN3S/c1-16(13-17-7-3-2-4-8-17)27-23-26-15-22(28-23)19-11-12-25-14-20(19)18-9-5-6-10-21(18)24/h2-12,14-16H,13H2,1H3,(H,26,27)/t16-/m1/s1. The molecule has 2 aromatic heterocycles. The summed E-state index contributed by atoms with van der Waals surface area (Å²) in [5.74, 6) is 0. The minimum Gasteiger partial charge on any atom is -0.359 e. The van der Waals surface area contributed by atoms with Crippen molar-refractivity contribution < 1.29 is 0 Å². The van der Waals surface area contributed by atoms with Gasteiger partial charge in [0, 0.05) is 46.3 Å². The summed E-state index contributed by atoms with van der Waals surface area (Å²) in [4.78, 5) is 9.98. The first-order valence-electron chi connectivity index (χ1n) is 9.16. The van der Waals surface area contributed by atoms with Gasteiger partial charge in [-0.1, -0.05) is 71.5 Å². The summed E-state index contributed by atoms with van der Waals surface area (Å²) < 4.78 is 0. The van der Waals surface area contributed by atoms with Gasteiger partial charge in [0.25, 0.3) is 0 Å². The summed E-state index contributed by atoms with van der Waals surface area (Å²) >= 11 is 8.06. The van der Waals surface area contributed by atoms with Crippen molar-refractivity contribution in [2.45, 2.75) is 19.4 Å². The molecule has 0 unspecified atom stereocenters. The Balaban J connectivity index is 1.56. The smallest absolute Gasteiger partial charge is 0.183 e. The number of pyridine rings is 1. The number of nitrogens with zero attached hydrogens (tertiary/aromatic N) is 2. The fourth-order valence-electron chi connectivity index (χ4n) is 3.20. The van der Waals surface area contributed by atoms with Gasteiger partial charge in [-0.15, -0.1) is 0 Å². The number of hydrogen-bond donors (Lipinski definition) is 1. The summed E-state index contributed by atoms with van der Waals surface area (Å²) in [6, 6.07) is 20.6. The highest BCUT2D eigenvalue weighted by molar-refractivity contribution is 7.18. The van der Waals surface area contributed by atoms with Crippen LogP contribution >= 0.6 is 22.9 Å². The Morgan fingerprint density at radius 1 is 0.929 bits per heavy atom. The zero-order chi connectivity index (χ0) is 19.3. The quantitative estimate of drug-likeness (QED) is 0.394. The Labute approximate surface area is 174 Å². The van der Waals surface area contributed by atoms with E-state index in [2.05, 4.69) is 46.5 Å². The molecule has 0 bridgehead atoms. The normalized spacial score (nSPS) is 11.9. The maximum atomic E-state index is 6.42. The Kier molecular flexibility index (Phi) is 5.70. The van der Waals surface area contributed by atoms with Crippen LogP contribution in [0.5, 0.6) is 0 Å². The average molecular weight is 406 g/mol. The number of anilines is 1. The molecule has 4 aromatic rings. The van der Waals surface area contributed by atoms with Crippen LogP contribution in [0.1, 0.15) is 12.5 Å². The molecule has 0 aliphatic rings. The molecule has 0 radical (unpaired) electrons. The minimum atomic E-state index is 0.293. The zero-order valence-electron chi connectivity index (χ0n) is 15.5. The van der Waals surface area contributed by atoms with E-state index in [1.54, 1.807) is 17.5 Å². The summed E-state index contributed by atoms with van der Waals surface area (Å²) in [5.41, 5.74) is 4.40. The SMILES string of the molecule is C[C@H](Cc1ccccc1)Nc1ncc(-c2ccncc2-c2ccccc2Cl)s1. The van der Waals surface area contributed by atoms with Crippen molar-refractivity contribution in [2.75, 3.05) is 5.32 Å². The van der Waals surface area contributed by atoms with Crippen molar-refractivity contribution >= 4 is 28.1 Å². The molecule has 4 rings (SSSR count). The molecule has 0 amide bonds. The van der Waals surface area contributed by atoms with Crippen LogP contribution < -0.4 is 5.32 Å². The van der Waals surface area contributed by atoms with E-state index in [4.69, 9.17) is 11.6 Å². The van der Waals surface area contributed by atoms with Crippen molar-refractivity contribution in [3.05, 3.63) is 89.8 Å². The van der Waals surface area contributed by atoms with Gasteiger partial charge < -0.3 is 5.32 Å². The average Bonchev–Trinajstić information content (AvgIpc) is 3.17. The lowest BCUT2D eigenvalue weighted by molar-refractivity contribution is 0.789. The number of aromatic nitrogens is 2. The second-order valence-electron chi connectivity index (χ2n) is 6.67. The highest BCUT2D eigenvalue weighted by atomic mass is 35.5. The van der Waals surface area contributed by atoms with Crippen molar-refractivity contribution in [2.24, 2.45) is 0 Å². The molecule has 140 valence electrons. The first-order valence-corrected chi connectivity index (χ1v) is 10.4. The summed E-state index contributed by atoms with van der Waals surface area (Å²) in [7, 11) is 0. The Morgan fingerprint density at radius 3 is 2.54 bits per heavy atom. The van der Waals surface area contributed by atoms with Gasteiger partial charge in [0.1, 0.15) is 0 Å². The molecule has 5 heteroatoms. The van der Waals surface area contributed by atoms with E-state index >= 15 is 0 Å². The van der Waals surface area contributed by atoms with Gasteiger partial charge >= 0.3 is 0 Å². The van der Waals surface area contributed by atoms with Gasteiger partial charge in [0.15, 0.2) is 5.13 Å². The number of hydrogen-bond acceptors (Lipinski definition) is 4. The van der Waals surface area contributed by atoms with E-state index in [1.165, 1.54) is 5.56 Å². The van der Waals surface area contributed by atoms with Crippen LogP contribution in [0.4, 0.5) is 5.13 Å². The highest BCUT2D eigenvalue weighted by Crippen LogP contribution is 2.38. The lowest BCUT2D eigenvalue weighted by Crippen LogP contribution is -2.17. The van der Waals surface area contributed by atoms with Gasteiger partial charge in [-0.05, 0) is 31.0 Å². The third-order valence-corrected chi connectivity index (χ3v) is 5.80. The Bertz CT molecular complexity index is 1060. The van der Waals surface area contributed by atoms with E-state index in [9.17, 15) is 0 Å². The van der Waals surface area contributed by atoms with E-state index < -0.39 is 0 Å². The molecule has 0 spiro atoms. The van der Waals surface area contributed by atoms with Gasteiger partial charge in [-0.25, -0.2) is 4.98 Å². The lowest BCUT2D eigenvalue weighted by Gasteiger charge is -2.12. The summed E-state index contributed by atoms with van der Waals surface area (Å²) in [5, 5.41) is 5.15. The summed E-state index contributed by atoms with van der Waals surface area (Å²) in [6.07, 6.45) is 6.54. The summed E-state index contributed by atoms with van der Waals surface area (Å²) in [6.45, 7) is 2.18. The largest absolute Gasteiger partial charge is 0.359 e. The van der Waals surface area contributed by atoms with Crippen LogP contribution in [0.2, 0.25) is 5.02 Å². The van der Waals surface area contributed by atoms with Crippen LogP contribution in [0.3, 0.4) is 0 Å². The third-order valence-electron chi connectivity index (χ3n) is 4.51. The molecule has 2 aromatic carbocycles. The lowest BCUT2D eigenvalue weighted by atomic mass is 10.0. The minimum absolute atomic E-state index is 0.293. The van der Waals surface area contributed by atoms with Gasteiger partial charge in [-0.3, -0.25) is 4.98 Å². The second kappa shape index (κ2) is 8.55. The van der Waals surface area contributed by atoms with E-state index in [-0.39, 0.29) is 0 Å². The van der Waals surface area contributed by atoms with E-state index in [1.807, 2.05) is 48.8 Å². The van der Waals surface area contributed by atoms with Crippen molar-refractivity contribution in [3.8, 4) is 21.6 Å². The molecule has 0 saturated carbocycles. The molecule has 3 nitrogen and oxygen atoms in total. The topological polar surface area (TPSA) is 37.8 Å². The van der Waals surface area contributed by atoms with Crippen LogP contribution in [-0.4, -0.2) is 16.0 Å². The molecule has 1 N–H and O–H groups in total. The van der Waals surface area contributed by atoms with Crippen LogP contribution in [0, 0.1) is 0 Å². The number of halogens is 1. The fourth-order valence-corrected chi connectivity index (χ4v) is 4.40. The molecule has 28 heavy (non-hydrogen) atoms. The van der Waals surface area contributed by atoms with Crippen molar-refractivity contribution in [1.82, 2.24) is 9.97 Å². The van der Waals surface area contributed by atoms with E-state index in [0.717, 1.165) is 38.1 Å². The molecule has 0 fully saturated rings. The van der Waals surface area contributed by atoms with Crippen LogP contribution in [0.25, 0.3) is 21.6 Å².